The van der Waals surface area contributed by atoms with Gasteiger partial charge >= 0.3 is 0 Å². The minimum Gasteiger partial charge on any atom is -0.336 e. The molecule has 1 aromatic heterocycles. The Hall–Kier alpha value is -2.06. The number of fused-ring (bicyclic) bond motifs is 3. The molecule has 0 saturated heterocycles. The summed E-state index contributed by atoms with van der Waals surface area (Å²) in [5, 5.41) is 1.47. The highest BCUT2D eigenvalue weighted by Crippen LogP contribution is 2.48. The van der Waals surface area contributed by atoms with Crippen molar-refractivity contribution in [3.05, 3.63) is 70.9 Å². The molecule has 2 aliphatic heterocycles. The Kier molecular flexibility index (Phi) is 2.75. The third-order valence-electron chi connectivity index (χ3n) is 5.66. The maximum Gasteiger partial charge on any atom is 0.0595 e. The molecule has 0 fully saturated rings. The zero-order valence-corrected chi connectivity index (χ0v) is 13.8. The van der Waals surface area contributed by atoms with E-state index < -0.39 is 0 Å². The van der Waals surface area contributed by atoms with Crippen LogP contribution >= 0.6 is 0 Å². The van der Waals surface area contributed by atoms with Crippen LogP contribution in [-0.4, -0.2) is 23.1 Å². The summed E-state index contributed by atoms with van der Waals surface area (Å²) >= 11 is 0. The maximum atomic E-state index is 2.65. The van der Waals surface area contributed by atoms with Crippen LogP contribution in [0.5, 0.6) is 0 Å². The fourth-order valence-corrected chi connectivity index (χ4v) is 4.78. The van der Waals surface area contributed by atoms with Gasteiger partial charge in [-0.3, -0.25) is 0 Å². The molecule has 0 aliphatic carbocycles. The SMILES string of the molecule is Cc1ccc2c(c1)c1c3n2C(c2ccccc2)CC3CN(C)C1. The number of likely N-dealkylation sites (N-methyl/N-ethyl adjacent to an activating group) is 1. The Morgan fingerprint density at radius 1 is 1.04 bits per heavy atom. The standard InChI is InChI=1S/C21H22N2/c1-14-8-9-19-17(10-14)18-13-22(2)12-16-11-20(23(19)21(16)18)15-6-4-3-5-7-15/h3-10,16,20H,11-13H2,1-2H3. The van der Waals surface area contributed by atoms with Gasteiger partial charge in [-0.25, -0.2) is 0 Å². The molecule has 23 heavy (non-hydrogen) atoms. The summed E-state index contributed by atoms with van der Waals surface area (Å²) in [7, 11) is 2.26. The summed E-state index contributed by atoms with van der Waals surface area (Å²) in [5.41, 5.74) is 7.41. The quantitative estimate of drug-likeness (QED) is 0.644. The highest BCUT2D eigenvalue weighted by Gasteiger charge is 2.39. The molecule has 3 heterocycles. The van der Waals surface area contributed by atoms with Crippen molar-refractivity contribution in [2.24, 2.45) is 0 Å². The summed E-state index contributed by atoms with van der Waals surface area (Å²) in [6.07, 6.45) is 1.24. The van der Waals surface area contributed by atoms with Gasteiger partial charge in [-0.2, -0.15) is 0 Å². The van der Waals surface area contributed by atoms with Gasteiger partial charge in [0.2, 0.25) is 0 Å². The first-order valence-corrected chi connectivity index (χ1v) is 8.59. The normalized spacial score (nSPS) is 23.4. The van der Waals surface area contributed by atoms with Crippen molar-refractivity contribution >= 4 is 10.9 Å². The Balaban J connectivity index is 1.80. The molecule has 0 N–H and O–H groups in total. The van der Waals surface area contributed by atoms with Gasteiger partial charge in [0.25, 0.3) is 0 Å². The van der Waals surface area contributed by atoms with Gasteiger partial charge in [0, 0.05) is 35.6 Å². The van der Waals surface area contributed by atoms with E-state index in [1.165, 1.54) is 35.0 Å². The van der Waals surface area contributed by atoms with E-state index in [9.17, 15) is 0 Å². The lowest BCUT2D eigenvalue weighted by atomic mass is 9.91. The molecular weight excluding hydrogens is 280 g/mol. The number of aromatic nitrogens is 1. The molecule has 2 atom stereocenters. The summed E-state index contributed by atoms with van der Waals surface area (Å²) in [6, 6.07) is 18.5. The molecule has 2 unspecified atom stereocenters. The Bertz CT molecular complexity index is 891. The van der Waals surface area contributed by atoms with E-state index in [0.717, 1.165) is 6.54 Å². The van der Waals surface area contributed by atoms with Gasteiger partial charge in [-0.1, -0.05) is 42.0 Å². The van der Waals surface area contributed by atoms with Crippen molar-refractivity contribution in [3.8, 4) is 0 Å². The van der Waals surface area contributed by atoms with Crippen LogP contribution in [0.1, 0.15) is 40.8 Å². The highest BCUT2D eigenvalue weighted by atomic mass is 15.2. The van der Waals surface area contributed by atoms with Crippen molar-refractivity contribution in [3.63, 3.8) is 0 Å². The molecule has 0 spiro atoms. The summed E-state index contributed by atoms with van der Waals surface area (Å²) in [4.78, 5) is 2.49. The number of benzene rings is 2. The molecule has 0 bridgehead atoms. The molecule has 0 amide bonds. The van der Waals surface area contributed by atoms with E-state index in [-0.39, 0.29) is 0 Å². The molecule has 2 nitrogen and oxygen atoms in total. The fourth-order valence-electron chi connectivity index (χ4n) is 4.78. The average Bonchev–Trinajstić information content (AvgIpc) is 3.08. The van der Waals surface area contributed by atoms with Crippen LogP contribution in [0.25, 0.3) is 10.9 Å². The van der Waals surface area contributed by atoms with Gasteiger partial charge in [0.05, 0.1) is 6.04 Å². The van der Waals surface area contributed by atoms with Crippen LogP contribution < -0.4 is 0 Å². The third kappa shape index (κ3) is 1.85. The number of aryl methyl sites for hydroxylation is 1. The first-order valence-electron chi connectivity index (χ1n) is 8.59. The topological polar surface area (TPSA) is 8.17 Å². The predicted molar refractivity (Wildman–Crippen MR) is 94.9 cm³/mol. The van der Waals surface area contributed by atoms with E-state index in [1.807, 2.05) is 0 Å². The molecule has 0 radical (unpaired) electrons. The Morgan fingerprint density at radius 3 is 2.70 bits per heavy atom. The summed E-state index contributed by atoms with van der Waals surface area (Å²) < 4.78 is 2.65. The first kappa shape index (κ1) is 13.4. The Labute approximate surface area is 137 Å². The molecule has 2 aromatic carbocycles. The highest BCUT2D eigenvalue weighted by molar-refractivity contribution is 5.87. The average molecular weight is 302 g/mol. The van der Waals surface area contributed by atoms with Crippen molar-refractivity contribution in [1.82, 2.24) is 9.47 Å². The summed E-state index contributed by atoms with van der Waals surface area (Å²) in [6.45, 7) is 4.47. The second-order valence-electron chi connectivity index (χ2n) is 7.31. The fraction of sp³-hybridized carbons (Fsp3) is 0.333. The molecule has 0 saturated carbocycles. The minimum atomic E-state index is 0.488. The van der Waals surface area contributed by atoms with E-state index in [1.54, 1.807) is 11.3 Å². The number of hydrogen-bond donors (Lipinski definition) is 0. The Morgan fingerprint density at radius 2 is 1.87 bits per heavy atom. The van der Waals surface area contributed by atoms with E-state index in [4.69, 9.17) is 0 Å². The van der Waals surface area contributed by atoms with Crippen molar-refractivity contribution in [2.75, 3.05) is 13.6 Å². The van der Waals surface area contributed by atoms with Gasteiger partial charge in [-0.15, -0.1) is 0 Å². The molecule has 5 rings (SSSR count). The van der Waals surface area contributed by atoms with Crippen LogP contribution in [0.3, 0.4) is 0 Å². The first-order chi connectivity index (χ1) is 11.2. The molecule has 116 valence electrons. The molecular formula is C21H22N2. The van der Waals surface area contributed by atoms with Gasteiger partial charge in [0.1, 0.15) is 0 Å². The van der Waals surface area contributed by atoms with Gasteiger partial charge < -0.3 is 9.47 Å². The zero-order valence-electron chi connectivity index (χ0n) is 13.8. The monoisotopic (exact) mass is 302 g/mol. The maximum absolute atomic E-state index is 2.65. The van der Waals surface area contributed by atoms with Crippen LogP contribution in [0.15, 0.2) is 48.5 Å². The molecule has 2 aliphatic rings. The van der Waals surface area contributed by atoms with E-state index in [2.05, 4.69) is 72.0 Å². The van der Waals surface area contributed by atoms with Crippen LogP contribution in [0.4, 0.5) is 0 Å². The van der Waals surface area contributed by atoms with E-state index in [0.29, 0.717) is 12.0 Å². The third-order valence-corrected chi connectivity index (χ3v) is 5.66. The largest absolute Gasteiger partial charge is 0.336 e. The van der Waals surface area contributed by atoms with Crippen molar-refractivity contribution in [1.29, 1.82) is 0 Å². The lowest BCUT2D eigenvalue weighted by molar-refractivity contribution is 0.282. The predicted octanol–water partition coefficient (Wildman–Crippen LogP) is 4.47. The van der Waals surface area contributed by atoms with Gasteiger partial charge in [0.15, 0.2) is 0 Å². The number of hydrogen-bond acceptors (Lipinski definition) is 1. The van der Waals surface area contributed by atoms with E-state index >= 15 is 0 Å². The van der Waals surface area contributed by atoms with Crippen molar-refractivity contribution in [2.45, 2.75) is 31.8 Å². The van der Waals surface area contributed by atoms with Crippen LogP contribution in [0.2, 0.25) is 0 Å². The lowest BCUT2D eigenvalue weighted by Crippen LogP contribution is -2.28. The lowest BCUT2D eigenvalue weighted by Gasteiger charge is -2.27. The second-order valence-corrected chi connectivity index (χ2v) is 7.31. The number of nitrogens with zero attached hydrogens (tertiary/aromatic N) is 2. The second kappa shape index (κ2) is 4.72. The van der Waals surface area contributed by atoms with Crippen LogP contribution in [0, 0.1) is 6.92 Å². The smallest absolute Gasteiger partial charge is 0.0595 e. The molecule has 2 heteroatoms. The summed E-state index contributed by atoms with van der Waals surface area (Å²) in [5.74, 6) is 0.668. The zero-order chi connectivity index (χ0) is 15.6. The van der Waals surface area contributed by atoms with Crippen LogP contribution in [-0.2, 0) is 6.54 Å². The van der Waals surface area contributed by atoms with Gasteiger partial charge in [-0.05, 0) is 43.7 Å². The van der Waals surface area contributed by atoms with Crippen molar-refractivity contribution < 1.29 is 0 Å². The minimum absolute atomic E-state index is 0.488. The number of rotatable bonds is 1. The molecule has 3 aromatic rings.